The largest absolute Gasteiger partial charge is 0.493 e. The Morgan fingerprint density at radius 2 is 1.74 bits per heavy atom. The van der Waals surface area contributed by atoms with Crippen LogP contribution in [0.4, 0.5) is 41.1 Å². The maximum absolute atomic E-state index is 15.0. The summed E-state index contributed by atoms with van der Waals surface area (Å²) in [6, 6.07) is 13.6. The maximum atomic E-state index is 15.0. The van der Waals surface area contributed by atoms with Gasteiger partial charge in [0.1, 0.15) is 11.6 Å². The minimum absolute atomic E-state index is 0.104. The number of hydrogen-bond acceptors (Lipinski definition) is 6. The minimum Gasteiger partial charge on any atom is -0.493 e. The molecular weight excluding hydrogens is 496 g/mol. The molecule has 0 atom stereocenters. The Bertz CT molecular complexity index is 1550. The zero-order valence-electron chi connectivity index (χ0n) is 20.5. The van der Waals surface area contributed by atoms with Crippen molar-refractivity contribution >= 4 is 45.7 Å². The number of nitrogens with zero attached hydrogens (tertiary/aromatic N) is 3. The number of halogens is 2. The molecule has 194 valence electrons. The van der Waals surface area contributed by atoms with E-state index in [1.165, 1.54) is 49.5 Å². The van der Waals surface area contributed by atoms with Crippen LogP contribution in [0.15, 0.2) is 66.9 Å². The number of carbonyl (C=O) groups is 2. The number of aromatic nitrogens is 1. The number of hydrogen-bond donors (Lipinski definition) is 2. The third-order valence-corrected chi connectivity index (χ3v) is 6.11. The predicted molar refractivity (Wildman–Crippen MR) is 139 cm³/mol. The van der Waals surface area contributed by atoms with E-state index in [4.69, 9.17) is 9.47 Å². The number of methoxy groups -OCH3 is 2. The number of benzene rings is 3. The van der Waals surface area contributed by atoms with Gasteiger partial charge in [-0.1, -0.05) is 6.07 Å². The zero-order valence-corrected chi connectivity index (χ0v) is 20.5. The summed E-state index contributed by atoms with van der Waals surface area (Å²) >= 11 is 0. The second kappa shape index (κ2) is 10.2. The summed E-state index contributed by atoms with van der Waals surface area (Å²) < 4.78 is 39.3. The lowest BCUT2D eigenvalue weighted by Crippen LogP contribution is -2.39. The molecule has 5 rings (SSSR count). The summed E-state index contributed by atoms with van der Waals surface area (Å²) in [4.78, 5) is 32.1. The van der Waals surface area contributed by atoms with Crippen molar-refractivity contribution in [2.75, 3.05) is 42.8 Å². The van der Waals surface area contributed by atoms with Gasteiger partial charge in [0, 0.05) is 41.3 Å². The van der Waals surface area contributed by atoms with Crippen molar-refractivity contribution in [1.82, 2.24) is 9.88 Å². The van der Waals surface area contributed by atoms with Crippen molar-refractivity contribution in [3.05, 3.63) is 78.5 Å². The number of imide groups is 1. The molecule has 1 fully saturated rings. The summed E-state index contributed by atoms with van der Waals surface area (Å²) in [6.07, 6.45) is 1.59. The normalized spacial score (nSPS) is 13.1. The lowest BCUT2D eigenvalue weighted by atomic mass is 10.1. The van der Waals surface area contributed by atoms with E-state index in [9.17, 15) is 14.0 Å². The molecule has 2 heterocycles. The third kappa shape index (κ3) is 4.73. The molecule has 38 heavy (non-hydrogen) atoms. The van der Waals surface area contributed by atoms with E-state index in [0.29, 0.717) is 33.8 Å². The molecule has 1 aliphatic rings. The molecule has 1 saturated heterocycles. The molecule has 1 aromatic heterocycles. The van der Waals surface area contributed by atoms with Gasteiger partial charge in [-0.15, -0.1) is 0 Å². The highest BCUT2D eigenvalue weighted by molar-refractivity contribution is 6.08. The Kier molecular flexibility index (Phi) is 6.65. The minimum atomic E-state index is -0.713. The first kappa shape index (κ1) is 24.8. The van der Waals surface area contributed by atoms with E-state index in [-0.39, 0.29) is 24.5 Å². The van der Waals surface area contributed by atoms with Crippen molar-refractivity contribution in [2.45, 2.75) is 0 Å². The fourth-order valence-corrected chi connectivity index (χ4v) is 4.22. The second-order valence-electron chi connectivity index (χ2n) is 8.40. The van der Waals surface area contributed by atoms with Crippen LogP contribution in [0.25, 0.3) is 10.9 Å². The average molecular weight is 520 g/mol. The van der Waals surface area contributed by atoms with E-state index in [2.05, 4.69) is 15.6 Å². The van der Waals surface area contributed by atoms with Crippen molar-refractivity contribution in [1.29, 1.82) is 0 Å². The molecule has 3 aromatic carbocycles. The number of ether oxygens (including phenoxy) is 2. The van der Waals surface area contributed by atoms with Gasteiger partial charge in [0.05, 0.1) is 32.0 Å². The van der Waals surface area contributed by atoms with Gasteiger partial charge in [-0.2, -0.15) is 0 Å². The molecular formula is C27H23F2N5O4. The number of anilines is 4. The fraction of sp³-hybridized carbons (Fsp3) is 0.148. The van der Waals surface area contributed by atoms with Gasteiger partial charge in [-0.3, -0.25) is 9.88 Å². The van der Waals surface area contributed by atoms with Crippen LogP contribution in [-0.4, -0.2) is 49.3 Å². The quantitative estimate of drug-likeness (QED) is 0.337. The average Bonchev–Trinajstić information content (AvgIpc) is 3.30. The van der Waals surface area contributed by atoms with Crippen LogP contribution in [-0.2, 0) is 0 Å². The number of nitrogens with one attached hydrogen (secondary N) is 2. The third-order valence-electron chi connectivity index (χ3n) is 6.11. The number of fused-ring (bicyclic) bond motifs is 1. The molecule has 0 unspecified atom stereocenters. The van der Waals surface area contributed by atoms with E-state index in [0.717, 1.165) is 11.0 Å². The van der Waals surface area contributed by atoms with E-state index in [1.807, 2.05) is 0 Å². The first-order valence-corrected chi connectivity index (χ1v) is 11.6. The predicted octanol–water partition coefficient (Wildman–Crippen LogP) is 5.75. The van der Waals surface area contributed by atoms with Gasteiger partial charge in [-0.25, -0.2) is 23.3 Å². The van der Waals surface area contributed by atoms with Crippen LogP contribution in [0.2, 0.25) is 0 Å². The zero-order chi connectivity index (χ0) is 26.8. The molecule has 11 heteroatoms. The first-order chi connectivity index (χ1) is 18.4. The molecule has 0 spiro atoms. The smallest absolute Gasteiger partial charge is 0.332 e. The van der Waals surface area contributed by atoms with Crippen LogP contribution in [0.1, 0.15) is 0 Å². The monoisotopic (exact) mass is 519 g/mol. The fourth-order valence-electron chi connectivity index (χ4n) is 4.22. The molecule has 0 radical (unpaired) electrons. The van der Waals surface area contributed by atoms with Crippen LogP contribution in [0.5, 0.6) is 11.5 Å². The number of amides is 4. The summed E-state index contributed by atoms with van der Waals surface area (Å²) in [6.45, 7) is 0.316. The summed E-state index contributed by atoms with van der Waals surface area (Å²) in [5, 5.41) is 6.29. The van der Waals surface area contributed by atoms with E-state index >= 15 is 4.39 Å². The molecule has 0 bridgehead atoms. The van der Waals surface area contributed by atoms with Crippen molar-refractivity contribution in [3.8, 4) is 11.5 Å². The summed E-state index contributed by atoms with van der Waals surface area (Å²) in [5.41, 5.74) is 1.90. The number of carbonyl (C=O) groups excluding carboxylic acids is 2. The van der Waals surface area contributed by atoms with E-state index < -0.39 is 23.7 Å². The Morgan fingerprint density at radius 3 is 2.47 bits per heavy atom. The van der Waals surface area contributed by atoms with Gasteiger partial charge in [0.2, 0.25) is 0 Å². The Labute approximate surface area is 216 Å². The van der Waals surface area contributed by atoms with Crippen LogP contribution in [0, 0.1) is 11.6 Å². The SMILES string of the molecule is COc1cc2nccc(Nc3ccc(NC(=O)N4CCN(c5cccc(F)c5)C4=O)cc3F)c2cc1OC. The standard InChI is InChI=1S/C27H23F2N5O4/c1-37-24-14-19-21(8-9-30-23(19)15-25(24)38-2)32-22-7-6-17(13-20(22)29)31-26(35)34-11-10-33(27(34)36)18-5-3-4-16(28)12-18/h3-9,12-15H,10-11H2,1-2H3,(H,30,32)(H,31,35). The lowest BCUT2D eigenvalue weighted by Gasteiger charge is -2.18. The Morgan fingerprint density at radius 1 is 0.947 bits per heavy atom. The van der Waals surface area contributed by atoms with Gasteiger partial charge in [0.25, 0.3) is 0 Å². The molecule has 0 saturated carbocycles. The van der Waals surface area contributed by atoms with Crippen molar-refractivity contribution in [2.24, 2.45) is 0 Å². The van der Waals surface area contributed by atoms with Gasteiger partial charge in [-0.05, 0) is 48.5 Å². The Hall–Kier alpha value is -4.93. The highest BCUT2D eigenvalue weighted by Gasteiger charge is 2.34. The Balaban J connectivity index is 1.31. The molecule has 2 N–H and O–H groups in total. The number of urea groups is 2. The topological polar surface area (TPSA) is 96.0 Å². The highest BCUT2D eigenvalue weighted by Crippen LogP contribution is 2.36. The molecule has 4 aromatic rings. The number of pyridine rings is 1. The van der Waals surface area contributed by atoms with Gasteiger partial charge in [0.15, 0.2) is 11.5 Å². The number of rotatable bonds is 6. The lowest BCUT2D eigenvalue weighted by molar-refractivity contribution is 0.209. The molecule has 0 aliphatic carbocycles. The van der Waals surface area contributed by atoms with E-state index in [1.54, 1.807) is 30.5 Å². The van der Waals surface area contributed by atoms with Crippen LogP contribution >= 0.6 is 0 Å². The van der Waals surface area contributed by atoms with Crippen LogP contribution < -0.4 is 25.0 Å². The molecule has 1 aliphatic heterocycles. The van der Waals surface area contributed by atoms with Crippen molar-refractivity contribution in [3.63, 3.8) is 0 Å². The second-order valence-corrected chi connectivity index (χ2v) is 8.40. The maximum Gasteiger partial charge on any atom is 0.332 e. The summed E-state index contributed by atoms with van der Waals surface area (Å²) in [7, 11) is 3.05. The molecule has 4 amide bonds. The van der Waals surface area contributed by atoms with Crippen LogP contribution in [0.3, 0.4) is 0 Å². The van der Waals surface area contributed by atoms with Crippen molar-refractivity contribution < 1.29 is 27.8 Å². The molecule has 9 nitrogen and oxygen atoms in total. The van der Waals surface area contributed by atoms with Gasteiger partial charge < -0.3 is 20.1 Å². The first-order valence-electron chi connectivity index (χ1n) is 11.6. The summed E-state index contributed by atoms with van der Waals surface area (Å²) in [5.74, 6) is -0.0863. The highest BCUT2D eigenvalue weighted by atomic mass is 19.1. The van der Waals surface area contributed by atoms with Gasteiger partial charge >= 0.3 is 12.1 Å².